The first-order chi connectivity index (χ1) is 16.8. The molecule has 3 saturated heterocycles. The zero-order valence-electron chi connectivity index (χ0n) is 20.3. The van der Waals surface area contributed by atoms with Crippen LogP contribution in [-0.4, -0.2) is 64.8 Å². The monoisotopic (exact) mass is 480 g/mol. The summed E-state index contributed by atoms with van der Waals surface area (Å²) in [6.45, 7) is 5.88. The smallest absolute Gasteiger partial charge is 0.312 e. The number of esters is 1. The minimum atomic E-state index is -1.13. The van der Waals surface area contributed by atoms with Gasteiger partial charge in [0.1, 0.15) is 17.6 Å². The average molecular weight is 481 g/mol. The van der Waals surface area contributed by atoms with Crippen molar-refractivity contribution in [2.45, 2.75) is 50.9 Å². The van der Waals surface area contributed by atoms with Crippen LogP contribution in [0.4, 0.5) is 5.69 Å². The van der Waals surface area contributed by atoms with E-state index in [1.165, 1.54) is 4.90 Å². The molecule has 3 aliphatic heterocycles. The van der Waals surface area contributed by atoms with Crippen LogP contribution >= 0.6 is 0 Å². The van der Waals surface area contributed by atoms with Gasteiger partial charge in [0.25, 0.3) is 0 Å². The van der Waals surface area contributed by atoms with E-state index in [1.807, 2.05) is 56.3 Å². The number of nitrogens with zero attached hydrogens (tertiary/aromatic N) is 1. The van der Waals surface area contributed by atoms with Gasteiger partial charge in [0.15, 0.2) is 0 Å². The number of carbonyl (C=O) groups excluding carboxylic acids is 3. The van der Waals surface area contributed by atoms with Crippen LogP contribution in [0, 0.1) is 17.8 Å². The van der Waals surface area contributed by atoms with Crippen LogP contribution < -0.4 is 5.32 Å². The van der Waals surface area contributed by atoms with Crippen LogP contribution in [0.2, 0.25) is 0 Å². The molecule has 3 unspecified atom stereocenters. The van der Waals surface area contributed by atoms with Crippen LogP contribution in [-0.2, 0) is 23.9 Å². The number of carbonyl (C=O) groups is 3. The molecule has 186 valence electrons. The van der Waals surface area contributed by atoms with Gasteiger partial charge >= 0.3 is 5.97 Å². The maximum atomic E-state index is 13.8. The summed E-state index contributed by atoms with van der Waals surface area (Å²) < 4.78 is 12.0. The number of aliphatic hydroxyl groups excluding tert-OH is 1. The largest absolute Gasteiger partial charge is 0.466 e. The van der Waals surface area contributed by atoms with Crippen LogP contribution in [0.15, 0.2) is 42.5 Å². The number of likely N-dealkylation sites (tertiary alicyclic amines) is 1. The summed E-state index contributed by atoms with van der Waals surface area (Å²) in [5.74, 6) is -2.72. The van der Waals surface area contributed by atoms with Gasteiger partial charge in [-0.2, -0.15) is 0 Å². The predicted molar refractivity (Wildman–Crippen MR) is 129 cm³/mol. The number of aliphatic hydroxyl groups is 1. The average Bonchev–Trinajstić information content (AvgIpc) is 3.34. The standard InChI is InChI=1S/C27H32N2O6/c1-4-34-25(33)21-20-24(32)29(12-7-13-30)22(27(20)15-16(2)26(21,3)35-27)23(31)28-19-11-10-17-8-5-6-9-18(17)14-19/h5-6,8-11,14,16,20-22,30H,4,7,12-13,15H2,1-3H3,(H,28,31)/t16?,20-,21-,22?,26+,27?/m0/s1. The van der Waals surface area contributed by atoms with Gasteiger partial charge in [-0.1, -0.05) is 37.3 Å². The molecular weight excluding hydrogens is 448 g/mol. The Hall–Kier alpha value is -2.97. The van der Waals surface area contributed by atoms with Crippen molar-refractivity contribution in [3.63, 3.8) is 0 Å². The summed E-state index contributed by atoms with van der Waals surface area (Å²) in [5, 5.41) is 14.5. The number of benzene rings is 2. The molecule has 1 spiro atoms. The number of ether oxygens (including phenoxy) is 2. The Bertz CT molecular complexity index is 1180. The van der Waals surface area contributed by atoms with Crippen molar-refractivity contribution in [1.29, 1.82) is 0 Å². The summed E-state index contributed by atoms with van der Waals surface area (Å²) in [6, 6.07) is 12.6. The molecule has 0 aliphatic carbocycles. The highest BCUT2D eigenvalue weighted by Gasteiger charge is 2.80. The number of rotatable bonds is 7. The zero-order chi connectivity index (χ0) is 25.0. The number of nitrogens with one attached hydrogen (secondary N) is 1. The van der Waals surface area contributed by atoms with Crippen molar-refractivity contribution in [2.24, 2.45) is 17.8 Å². The predicted octanol–water partition coefficient (Wildman–Crippen LogP) is 2.73. The van der Waals surface area contributed by atoms with E-state index in [0.29, 0.717) is 18.5 Å². The molecule has 3 aliphatic rings. The molecule has 8 nitrogen and oxygen atoms in total. The van der Waals surface area contributed by atoms with E-state index in [9.17, 15) is 19.5 Å². The van der Waals surface area contributed by atoms with Gasteiger partial charge < -0.3 is 24.8 Å². The minimum absolute atomic E-state index is 0.0466. The fraction of sp³-hybridized carbons (Fsp3) is 0.519. The van der Waals surface area contributed by atoms with E-state index in [4.69, 9.17) is 9.47 Å². The summed E-state index contributed by atoms with van der Waals surface area (Å²) in [7, 11) is 0. The third kappa shape index (κ3) is 3.45. The molecule has 0 saturated carbocycles. The molecule has 8 heteroatoms. The quantitative estimate of drug-likeness (QED) is 0.591. The van der Waals surface area contributed by atoms with E-state index in [-0.39, 0.29) is 37.5 Å². The first-order valence-corrected chi connectivity index (χ1v) is 12.3. The fourth-order valence-corrected chi connectivity index (χ4v) is 6.59. The second-order valence-corrected chi connectivity index (χ2v) is 10.1. The van der Waals surface area contributed by atoms with Crippen molar-refractivity contribution in [3.8, 4) is 0 Å². The second kappa shape index (κ2) is 8.60. The molecule has 5 rings (SSSR count). The number of fused-ring (bicyclic) bond motifs is 2. The molecule has 2 bridgehead atoms. The lowest BCUT2D eigenvalue weighted by atomic mass is 9.62. The van der Waals surface area contributed by atoms with E-state index >= 15 is 0 Å². The molecule has 2 amide bonds. The molecule has 2 aromatic rings. The van der Waals surface area contributed by atoms with Gasteiger partial charge in [-0.3, -0.25) is 14.4 Å². The Balaban J connectivity index is 1.53. The van der Waals surface area contributed by atoms with Gasteiger partial charge in [0, 0.05) is 18.8 Å². The fourth-order valence-electron chi connectivity index (χ4n) is 6.59. The van der Waals surface area contributed by atoms with Gasteiger partial charge in [-0.15, -0.1) is 0 Å². The maximum absolute atomic E-state index is 13.8. The second-order valence-electron chi connectivity index (χ2n) is 10.1. The highest BCUT2D eigenvalue weighted by atomic mass is 16.6. The summed E-state index contributed by atoms with van der Waals surface area (Å²) in [5.41, 5.74) is -1.40. The van der Waals surface area contributed by atoms with Crippen molar-refractivity contribution in [3.05, 3.63) is 42.5 Å². The molecule has 3 fully saturated rings. The van der Waals surface area contributed by atoms with E-state index in [0.717, 1.165) is 10.8 Å². The van der Waals surface area contributed by atoms with Gasteiger partial charge in [0.05, 0.1) is 18.1 Å². The molecule has 35 heavy (non-hydrogen) atoms. The topological polar surface area (TPSA) is 105 Å². The van der Waals surface area contributed by atoms with Crippen molar-refractivity contribution in [2.75, 3.05) is 25.1 Å². The third-order valence-corrected chi connectivity index (χ3v) is 8.18. The minimum Gasteiger partial charge on any atom is -0.466 e. The lowest BCUT2D eigenvalue weighted by Crippen LogP contribution is -2.54. The molecule has 2 N–H and O–H groups in total. The van der Waals surface area contributed by atoms with Crippen LogP contribution in [0.25, 0.3) is 10.8 Å². The molecule has 6 atom stereocenters. The van der Waals surface area contributed by atoms with Crippen molar-refractivity contribution < 1.29 is 29.0 Å². The first-order valence-electron chi connectivity index (χ1n) is 12.3. The lowest BCUT2D eigenvalue weighted by Gasteiger charge is -2.35. The zero-order valence-corrected chi connectivity index (χ0v) is 20.3. The Kier molecular flexibility index (Phi) is 5.84. The van der Waals surface area contributed by atoms with Crippen LogP contribution in [0.5, 0.6) is 0 Å². The van der Waals surface area contributed by atoms with Crippen molar-refractivity contribution >= 4 is 34.2 Å². The highest BCUT2D eigenvalue weighted by molar-refractivity contribution is 6.04. The molecule has 0 radical (unpaired) electrons. The van der Waals surface area contributed by atoms with Crippen LogP contribution in [0.1, 0.15) is 33.6 Å². The Labute approximate surface area is 204 Å². The normalized spacial score (nSPS) is 33.3. The summed E-state index contributed by atoms with van der Waals surface area (Å²) in [6.07, 6.45) is 0.812. The van der Waals surface area contributed by atoms with Gasteiger partial charge in [-0.05, 0) is 55.5 Å². The first kappa shape index (κ1) is 23.8. The van der Waals surface area contributed by atoms with Gasteiger partial charge in [-0.25, -0.2) is 0 Å². The summed E-state index contributed by atoms with van der Waals surface area (Å²) in [4.78, 5) is 42.2. The van der Waals surface area contributed by atoms with E-state index in [2.05, 4.69) is 5.32 Å². The Morgan fingerprint density at radius 2 is 1.97 bits per heavy atom. The number of hydrogen-bond acceptors (Lipinski definition) is 6. The molecule has 2 aromatic carbocycles. The SMILES string of the molecule is CCOC(=O)[C@@H]1[C@H]2C(=O)N(CCCO)C(C(=O)Nc3ccc4ccccc4c3)C23CC(C)[C@@]1(C)O3. The summed E-state index contributed by atoms with van der Waals surface area (Å²) >= 11 is 0. The lowest BCUT2D eigenvalue weighted by molar-refractivity contribution is -0.160. The number of hydrogen-bond donors (Lipinski definition) is 2. The molecule has 0 aromatic heterocycles. The Morgan fingerprint density at radius 3 is 2.69 bits per heavy atom. The number of anilines is 1. The molecule has 3 heterocycles. The van der Waals surface area contributed by atoms with E-state index < -0.39 is 35.0 Å². The van der Waals surface area contributed by atoms with Gasteiger partial charge in [0.2, 0.25) is 11.8 Å². The highest BCUT2D eigenvalue weighted by Crippen LogP contribution is 2.65. The number of amides is 2. The molecular formula is C27H32N2O6. The van der Waals surface area contributed by atoms with Crippen molar-refractivity contribution in [1.82, 2.24) is 4.90 Å². The maximum Gasteiger partial charge on any atom is 0.312 e. The Morgan fingerprint density at radius 1 is 1.23 bits per heavy atom. The van der Waals surface area contributed by atoms with Crippen LogP contribution in [0.3, 0.4) is 0 Å². The third-order valence-electron chi connectivity index (χ3n) is 8.18. The van der Waals surface area contributed by atoms with E-state index in [1.54, 1.807) is 6.92 Å².